The molecule has 2 rings (SSSR count). The summed E-state index contributed by atoms with van der Waals surface area (Å²) in [5.74, 6) is -7.18. The van der Waals surface area contributed by atoms with E-state index < -0.39 is 57.3 Å². The Morgan fingerprint density at radius 2 is 1.55 bits per heavy atom. The Morgan fingerprint density at radius 3 is 2.10 bits per heavy atom. The highest BCUT2D eigenvalue weighted by atomic mass is 32.2. The number of carbonyl (C=O) groups excluding carboxylic acids is 2. The molecule has 20 heavy (non-hydrogen) atoms. The Kier molecular flexibility index (Phi) is 3.52. The number of amides is 2. The topological polar surface area (TPSA) is 83.6 Å². The first kappa shape index (κ1) is 14.5. The number of benzene rings is 1. The van der Waals surface area contributed by atoms with Crippen molar-refractivity contribution in [3.05, 3.63) is 29.6 Å². The standard InChI is InChI=1S/C10H7F3N2O4S/c11-5-1-2-6(10(13)9(5)12)20(18,19)15-3-7(16)14-8(17)4-15/h1-2H,3-4H2,(H,14,16,17). The van der Waals surface area contributed by atoms with E-state index in [-0.39, 0.29) is 0 Å². The summed E-state index contributed by atoms with van der Waals surface area (Å²) in [7, 11) is -4.63. The van der Waals surface area contributed by atoms with Crippen LogP contribution in [0.1, 0.15) is 0 Å². The van der Waals surface area contributed by atoms with Gasteiger partial charge in [-0.25, -0.2) is 21.6 Å². The zero-order chi connectivity index (χ0) is 15.1. The van der Waals surface area contributed by atoms with Crippen LogP contribution < -0.4 is 5.32 Å². The average molecular weight is 308 g/mol. The molecule has 0 radical (unpaired) electrons. The van der Waals surface area contributed by atoms with Crippen LogP contribution in [0.4, 0.5) is 13.2 Å². The zero-order valence-corrected chi connectivity index (χ0v) is 10.5. The van der Waals surface area contributed by atoms with Crippen molar-refractivity contribution < 1.29 is 31.2 Å². The van der Waals surface area contributed by atoms with E-state index in [9.17, 15) is 31.2 Å². The molecule has 1 fully saturated rings. The van der Waals surface area contributed by atoms with Crippen molar-refractivity contribution in [3.63, 3.8) is 0 Å². The maximum absolute atomic E-state index is 13.5. The van der Waals surface area contributed by atoms with Gasteiger partial charge in [0.1, 0.15) is 4.90 Å². The Bertz CT molecular complexity index is 689. The highest BCUT2D eigenvalue weighted by Gasteiger charge is 2.35. The molecule has 1 aliphatic heterocycles. The van der Waals surface area contributed by atoms with E-state index in [1.807, 2.05) is 5.32 Å². The number of hydrogen-bond acceptors (Lipinski definition) is 4. The molecule has 0 unspecified atom stereocenters. The Labute approximate surface area is 111 Å². The van der Waals surface area contributed by atoms with Crippen LogP contribution in [0.15, 0.2) is 17.0 Å². The predicted molar refractivity (Wildman–Crippen MR) is 58.2 cm³/mol. The molecule has 1 saturated heterocycles. The molecule has 1 aromatic rings. The van der Waals surface area contributed by atoms with Crippen LogP contribution >= 0.6 is 0 Å². The van der Waals surface area contributed by atoms with Crippen molar-refractivity contribution >= 4 is 21.8 Å². The number of imide groups is 1. The summed E-state index contributed by atoms with van der Waals surface area (Å²) in [5, 5.41) is 1.86. The number of rotatable bonds is 2. The third-order valence-corrected chi connectivity index (χ3v) is 4.35. The molecule has 6 nitrogen and oxygen atoms in total. The smallest absolute Gasteiger partial charge is 0.247 e. The lowest BCUT2D eigenvalue weighted by Gasteiger charge is -2.24. The Morgan fingerprint density at radius 1 is 1.00 bits per heavy atom. The van der Waals surface area contributed by atoms with Crippen molar-refractivity contribution in [1.82, 2.24) is 9.62 Å². The minimum Gasteiger partial charge on any atom is -0.294 e. The third-order valence-electron chi connectivity index (χ3n) is 2.54. The lowest BCUT2D eigenvalue weighted by Crippen LogP contribution is -2.53. The molecule has 0 atom stereocenters. The molecule has 2 amide bonds. The monoisotopic (exact) mass is 308 g/mol. The maximum Gasteiger partial charge on any atom is 0.247 e. The summed E-state index contributed by atoms with van der Waals surface area (Å²) in [4.78, 5) is 21.1. The molecular weight excluding hydrogens is 301 g/mol. The van der Waals surface area contributed by atoms with E-state index in [0.717, 1.165) is 0 Å². The van der Waals surface area contributed by atoms with Crippen molar-refractivity contribution in [3.8, 4) is 0 Å². The van der Waals surface area contributed by atoms with Gasteiger partial charge >= 0.3 is 0 Å². The first-order chi connectivity index (χ1) is 9.23. The minimum absolute atomic E-state index is 0.379. The fourth-order valence-corrected chi connectivity index (χ4v) is 3.04. The quantitative estimate of drug-likeness (QED) is 0.603. The number of carbonyl (C=O) groups is 2. The molecule has 0 bridgehead atoms. The molecule has 0 aliphatic carbocycles. The van der Waals surface area contributed by atoms with Gasteiger partial charge in [-0.1, -0.05) is 0 Å². The van der Waals surface area contributed by atoms with Crippen molar-refractivity contribution in [1.29, 1.82) is 0 Å². The number of hydrogen-bond donors (Lipinski definition) is 1. The van der Waals surface area contributed by atoms with Gasteiger partial charge in [-0.3, -0.25) is 14.9 Å². The van der Waals surface area contributed by atoms with Gasteiger partial charge in [0.2, 0.25) is 21.8 Å². The SMILES string of the molecule is O=C1CN(S(=O)(=O)c2ccc(F)c(F)c2F)CC(=O)N1. The van der Waals surface area contributed by atoms with Crippen LogP contribution in [0.25, 0.3) is 0 Å². The second-order valence-corrected chi connectivity index (χ2v) is 5.82. The van der Waals surface area contributed by atoms with Crippen LogP contribution in [-0.2, 0) is 19.6 Å². The van der Waals surface area contributed by atoms with Crippen molar-refractivity contribution in [2.75, 3.05) is 13.1 Å². The van der Waals surface area contributed by atoms with Gasteiger partial charge in [-0.2, -0.15) is 4.31 Å². The molecule has 0 spiro atoms. The van der Waals surface area contributed by atoms with Crippen LogP contribution in [-0.4, -0.2) is 37.6 Å². The fraction of sp³-hybridized carbons (Fsp3) is 0.200. The number of sulfonamides is 1. The maximum atomic E-state index is 13.5. The van der Waals surface area contributed by atoms with Gasteiger partial charge in [0.15, 0.2) is 17.5 Å². The molecule has 1 heterocycles. The summed E-state index contributed by atoms with van der Waals surface area (Å²) < 4.78 is 63.8. The first-order valence-corrected chi connectivity index (χ1v) is 6.64. The van der Waals surface area contributed by atoms with E-state index in [2.05, 4.69) is 0 Å². The molecule has 1 aliphatic rings. The Balaban J connectivity index is 2.48. The van der Waals surface area contributed by atoms with Crippen molar-refractivity contribution in [2.45, 2.75) is 4.90 Å². The zero-order valence-electron chi connectivity index (χ0n) is 9.69. The van der Waals surface area contributed by atoms with Crippen molar-refractivity contribution in [2.24, 2.45) is 0 Å². The van der Waals surface area contributed by atoms with E-state index in [1.54, 1.807) is 0 Å². The van der Waals surface area contributed by atoms with Crippen LogP contribution in [0.3, 0.4) is 0 Å². The molecule has 1 aromatic carbocycles. The predicted octanol–water partition coefficient (Wildman–Crippen LogP) is -0.249. The lowest BCUT2D eigenvalue weighted by molar-refractivity contribution is -0.134. The van der Waals surface area contributed by atoms with Gasteiger partial charge in [0.25, 0.3) is 0 Å². The lowest BCUT2D eigenvalue weighted by atomic mass is 10.3. The summed E-state index contributed by atoms with van der Waals surface area (Å²) in [6.07, 6.45) is 0. The number of nitrogens with zero attached hydrogens (tertiary/aromatic N) is 1. The number of piperazine rings is 1. The molecule has 1 N–H and O–H groups in total. The van der Waals surface area contributed by atoms with Crippen LogP contribution in [0.5, 0.6) is 0 Å². The average Bonchev–Trinajstić information content (AvgIpc) is 2.34. The van der Waals surface area contributed by atoms with Gasteiger partial charge in [-0.15, -0.1) is 0 Å². The summed E-state index contributed by atoms with van der Waals surface area (Å²) in [5.41, 5.74) is 0. The van der Waals surface area contributed by atoms with Gasteiger partial charge < -0.3 is 0 Å². The largest absolute Gasteiger partial charge is 0.294 e. The highest BCUT2D eigenvalue weighted by Crippen LogP contribution is 2.23. The molecule has 0 saturated carbocycles. The molecule has 108 valence electrons. The summed E-state index contributed by atoms with van der Waals surface area (Å²) >= 11 is 0. The second-order valence-electron chi connectivity index (χ2n) is 3.92. The summed E-state index contributed by atoms with van der Waals surface area (Å²) in [6.45, 7) is -1.43. The van der Waals surface area contributed by atoms with E-state index in [1.165, 1.54) is 0 Å². The van der Waals surface area contributed by atoms with E-state index in [0.29, 0.717) is 16.4 Å². The van der Waals surface area contributed by atoms with Crippen LogP contribution in [0.2, 0.25) is 0 Å². The molecule has 0 aromatic heterocycles. The van der Waals surface area contributed by atoms with Gasteiger partial charge in [0, 0.05) is 0 Å². The number of nitrogens with one attached hydrogen (secondary N) is 1. The van der Waals surface area contributed by atoms with Gasteiger partial charge in [0.05, 0.1) is 13.1 Å². The fourth-order valence-electron chi connectivity index (χ4n) is 1.63. The van der Waals surface area contributed by atoms with E-state index in [4.69, 9.17) is 0 Å². The summed E-state index contributed by atoms with van der Waals surface area (Å²) in [6, 6.07) is 0.969. The minimum atomic E-state index is -4.63. The highest BCUT2D eigenvalue weighted by molar-refractivity contribution is 7.89. The normalized spacial score (nSPS) is 17.1. The second kappa shape index (κ2) is 4.87. The Hall–Kier alpha value is -1.94. The third kappa shape index (κ3) is 2.39. The van der Waals surface area contributed by atoms with Crippen LogP contribution in [0, 0.1) is 17.5 Å². The number of halogens is 3. The van der Waals surface area contributed by atoms with Gasteiger partial charge in [-0.05, 0) is 12.1 Å². The molecule has 10 heteroatoms. The molecular formula is C10H7F3N2O4S. The first-order valence-electron chi connectivity index (χ1n) is 5.20. The van der Waals surface area contributed by atoms with E-state index >= 15 is 0 Å².